The Hall–Kier alpha value is -0.0800. The van der Waals surface area contributed by atoms with Gasteiger partial charge in [0, 0.05) is 19.1 Å². The lowest BCUT2D eigenvalue weighted by Crippen LogP contribution is -2.46. The lowest BCUT2D eigenvalue weighted by atomic mass is 9.93. The molecule has 2 atom stereocenters. The normalized spacial score (nSPS) is 29.6. The number of nitrogens with one attached hydrogen (secondary N) is 1. The molecule has 1 aliphatic heterocycles. The van der Waals surface area contributed by atoms with Crippen molar-refractivity contribution in [2.24, 2.45) is 11.8 Å². The van der Waals surface area contributed by atoms with Gasteiger partial charge in [-0.25, -0.2) is 0 Å². The first-order valence-corrected chi connectivity index (χ1v) is 7.73. The zero-order chi connectivity index (χ0) is 12.1. The Morgan fingerprint density at radius 3 is 2.59 bits per heavy atom. The van der Waals surface area contributed by atoms with E-state index in [2.05, 4.69) is 24.2 Å². The second-order valence-corrected chi connectivity index (χ2v) is 6.12. The molecule has 100 valence electrons. The van der Waals surface area contributed by atoms with Crippen LogP contribution in [0.4, 0.5) is 0 Å². The third-order valence-electron chi connectivity index (χ3n) is 4.98. The second kappa shape index (κ2) is 6.75. The van der Waals surface area contributed by atoms with E-state index in [0.717, 1.165) is 17.9 Å². The van der Waals surface area contributed by atoms with Crippen molar-refractivity contribution >= 4 is 0 Å². The Kier molecular flexibility index (Phi) is 5.30. The first-order valence-electron chi connectivity index (χ1n) is 7.73. The zero-order valence-corrected chi connectivity index (χ0v) is 11.8. The Bertz CT molecular complexity index is 211. The fourth-order valence-electron chi connectivity index (χ4n) is 3.76. The summed E-state index contributed by atoms with van der Waals surface area (Å²) in [4.78, 5) is 2.72. The fraction of sp³-hybridized carbons (Fsp3) is 1.00. The number of likely N-dealkylation sites (N-methyl/N-ethyl adjacent to an activating group) is 1. The molecular formula is C15H30N2. The van der Waals surface area contributed by atoms with E-state index in [1.54, 1.807) is 0 Å². The SMILES string of the molecule is CCC1CCCN(CC(NC)C2CCCC2)C1. The Morgan fingerprint density at radius 2 is 1.94 bits per heavy atom. The summed E-state index contributed by atoms with van der Waals surface area (Å²) in [5.41, 5.74) is 0. The third-order valence-corrected chi connectivity index (χ3v) is 4.98. The third kappa shape index (κ3) is 3.69. The van der Waals surface area contributed by atoms with Gasteiger partial charge in [-0.05, 0) is 51.1 Å². The van der Waals surface area contributed by atoms with Gasteiger partial charge in [0.15, 0.2) is 0 Å². The summed E-state index contributed by atoms with van der Waals surface area (Å²) in [5, 5.41) is 3.58. The van der Waals surface area contributed by atoms with Crippen molar-refractivity contribution in [1.29, 1.82) is 0 Å². The van der Waals surface area contributed by atoms with E-state index < -0.39 is 0 Å². The average Bonchev–Trinajstić information content (AvgIpc) is 2.90. The number of hydrogen-bond acceptors (Lipinski definition) is 2. The van der Waals surface area contributed by atoms with Gasteiger partial charge in [-0.3, -0.25) is 0 Å². The van der Waals surface area contributed by atoms with Crippen molar-refractivity contribution < 1.29 is 0 Å². The fourth-order valence-corrected chi connectivity index (χ4v) is 3.76. The van der Waals surface area contributed by atoms with Crippen LogP contribution in [0.25, 0.3) is 0 Å². The lowest BCUT2D eigenvalue weighted by molar-refractivity contribution is 0.144. The maximum atomic E-state index is 3.58. The molecule has 0 aromatic rings. The highest BCUT2D eigenvalue weighted by molar-refractivity contribution is 4.84. The topological polar surface area (TPSA) is 15.3 Å². The maximum Gasteiger partial charge on any atom is 0.0220 e. The highest BCUT2D eigenvalue weighted by Crippen LogP contribution is 2.29. The molecule has 2 fully saturated rings. The molecule has 1 saturated heterocycles. The summed E-state index contributed by atoms with van der Waals surface area (Å²) >= 11 is 0. The monoisotopic (exact) mass is 238 g/mol. The van der Waals surface area contributed by atoms with Crippen molar-refractivity contribution in [2.45, 2.75) is 57.9 Å². The lowest BCUT2D eigenvalue weighted by Gasteiger charge is -2.36. The standard InChI is InChI=1S/C15H30N2/c1-3-13-7-6-10-17(11-13)12-15(16-2)14-8-4-5-9-14/h13-16H,3-12H2,1-2H3. The Balaban J connectivity index is 1.80. The molecule has 17 heavy (non-hydrogen) atoms. The van der Waals surface area contributed by atoms with Crippen LogP contribution in [0.3, 0.4) is 0 Å². The first kappa shape index (κ1) is 13.4. The summed E-state index contributed by atoms with van der Waals surface area (Å²) in [6.07, 6.45) is 10.1. The van der Waals surface area contributed by atoms with Crippen LogP contribution in [0.2, 0.25) is 0 Å². The molecule has 2 rings (SSSR count). The molecule has 0 aromatic heterocycles. The summed E-state index contributed by atoms with van der Waals surface area (Å²) < 4.78 is 0. The van der Waals surface area contributed by atoms with Crippen molar-refractivity contribution in [3.05, 3.63) is 0 Å². The number of rotatable bonds is 5. The molecule has 1 heterocycles. The minimum Gasteiger partial charge on any atom is -0.315 e. The second-order valence-electron chi connectivity index (χ2n) is 6.12. The van der Waals surface area contributed by atoms with Crippen LogP contribution in [0, 0.1) is 11.8 Å². The van der Waals surface area contributed by atoms with Gasteiger partial charge < -0.3 is 10.2 Å². The predicted octanol–water partition coefficient (Wildman–Crippen LogP) is 2.89. The molecule has 1 aliphatic carbocycles. The molecule has 2 heteroatoms. The minimum atomic E-state index is 0.744. The molecule has 0 amide bonds. The van der Waals surface area contributed by atoms with E-state index in [9.17, 15) is 0 Å². The number of piperidine rings is 1. The molecule has 0 radical (unpaired) electrons. The van der Waals surface area contributed by atoms with Crippen LogP contribution in [0.5, 0.6) is 0 Å². The van der Waals surface area contributed by atoms with E-state index in [4.69, 9.17) is 0 Å². The molecule has 0 aromatic carbocycles. The van der Waals surface area contributed by atoms with Gasteiger partial charge in [0.2, 0.25) is 0 Å². The molecular weight excluding hydrogens is 208 g/mol. The molecule has 2 nitrogen and oxygen atoms in total. The minimum absolute atomic E-state index is 0.744. The van der Waals surface area contributed by atoms with Gasteiger partial charge in [-0.15, -0.1) is 0 Å². The van der Waals surface area contributed by atoms with Gasteiger partial charge in [0.05, 0.1) is 0 Å². The van der Waals surface area contributed by atoms with Crippen molar-refractivity contribution in [3.8, 4) is 0 Å². The predicted molar refractivity (Wildman–Crippen MR) is 74.3 cm³/mol. The Labute approximate surface area is 107 Å². The largest absolute Gasteiger partial charge is 0.315 e. The summed E-state index contributed by atoms with van der Waals surface area (Å²) in [5.74, 6) is 1.91. The smallest absolute Gasteiger partial charge is 0.0220 e. The summed E-state index contributed by atoms with van der Waals surface area (Å²) in [7, 11) is 2.16. The Morgan fingerprint density at radius 1 is 1.18 bits per heavy atom. The summed E-state index contributed by atoms with van der Waals surface area (Å²) in [6, 6.07) is 0.744. The van der Waals surface area contributed by atoms with Gasteiger partial charge >= 0.3 is 0 Å². The summed E-state index contributed by atoms with van der Waals surface area (Å²) in [6.45, 7) is 6.32. The van der Waals surface area contributed by atoms with E-state index in [1.165, 1.54) is 64.6 Å². The number of hydrogen-bond donors (Lipinski definition) is 1. The van der Waals surface area contributed by atoms with Gasteiger partial charge in [-0.2, -0.15) is 0 Å². The van der Waals surface area contributed by atoms with Crippen molar-refractivity contribution in [3.63, 3.8) is 0 Å². The zero-order valence-electron chi connectivity index (χ0n) is 11.8. The van der Waals surface area contributed by atoms with Crippen molar-refractivity contribution in [2.75, 3.05) is 26.7 Å². The van der Waals surface area contributed by atoms with Crippen LogP contribution >= 0.6 is 0 Å². The van der Waals surface area contributed by atoms with E-state index >= 15 is 0 Å². The highest BCUT2D eigenvalue weighted by Gasteiger charge is 2.27. The highest BCUT2D eigenvalue weighted by atomic mass is 15.2. The van der Waals surface area contributed by atoms with Crippen LogP contribution in [-0.4, -0.2) is 37.6 Å². The number of nitrogens with zero attached hydrogens (tertiary/aromatic N) is 1. The van der Waals surface area contributed by atoms with Crippen molar-refractivity contribution in [1.82, 2.24) is 10.2 Å². The van der Waals surface area contributed by atoms with Gasteiger partial charge in [0.1, 0.15) is 0 Å². The van der Waals surface area contributed by atoms with Crippen LogP contribution in [-0.2, 0) is 0 Å². The number of likely N-dealkylation sites (tertiary alicyclic amines) is 1. The van der Waals surface area contributed by atoms with Crippen LogP contribution in [0.1, 0.15) is 51.9 Å². The first-order chi connectivity index (χ1) is 8.33. The van der Waals surface area contributed by atoms with Gasteiger partial charge in [0.25, 0.3) is 0 Å². The molecule has 2 aliphatic rings. The van der Waals surface area contributed by atoms with E-state index in [1.807, 2.05) is 0 Å². The van der Waals surface area contributed by atoms with Crippen LogP contribution < -0.4 is 5.32 Å². The molecule has 0 bridgehead atoms. The molecule has 2 unspecified atom stereocenters. The van der Waals surface area contributed by atoms with Gasteiger partial charge in [-0.1, -0.05) is 26.2 Å². The molecule has 1 saturated carbocycles. The molecule has 0 spiro atoms. The average molecular weight is 238 g/mol. The quantitative estimate of drug-likeness (QED) is 0.792. The van der Waals surface area contributed by atoms with E-state index in [0.29, 0.717) is 0 Å². The maximum absolute atomic E-state index is 3.58. The molecule has 1 N–H and O–H groups in total. The van der Waals surface area contributed by atoms with Crippen LogP contribution in [0.15, 0.2) is 0 Å². The van der Waals surface area contributed by atoms with E-state index in [-0.39, 0.29) is 0 Å².